The minimum absolute atomic E-state index is 0.379. The van der Waals surface area contributed by atoms with Gasteiger partial charge in [0.2, 0.25) is 0 Å². The number of hydrogen-bond acceptors (Lipinski definition) is 1. The normalized spacial score (nSPS) is 14.5. The number of aliphatic hydroxyl groups is 1. The van der Waals surface area contributed by atoms with Gasteiger partial charge in [0.05, 0.1) is 6.10 Å². The number of hydrogen-bond donors (Lipinski definition) is 1. The van der Waals surface area contributed by atoms with Crippen LogP contribution in [0, 0.1) is 6.92 Å². The van der Waals surface area contributed by atoms with Crippen molar-refractivity contribution in [3.8, 4) is 0 Å². The van der Waals surface area contributed by atoms with E-state index in [4.69, 9.17) is 0 Å². The molecule has 0 aliphatic heterocycles. The second kappa shape index (κ2) is 15.0. The van der Waals surface area contributed by atoms with Crippen LogP contribution in [-0.2, 0) is 0 Å². The lowest BCUT2D eigenvalue weighted by molar-refractivity contribution is 0.227. The van der Waals surface area contributed by atoms with Gasteiger partial charge in [-0.15, -0.1) is 0 Å². The van der Waals surface area contributed by atoms with Gasteiger partial charge in [0, 0.05) is 0 Å². The first-order chi connectivity index (χ1) is 9.31. The highest BCUT2D eigenvalue weighted by Gasteiger charge is 1.92. The Kier molecular flexibility index (Phi) is 14.1. The molecule has 1 atom stereocenters. The Hall–Kier alpha value is -1.08. The first kappa shape index (κ1) is 17.9. The summed E-state index contributed by atoms with van der Waals surface area (Å²) >= 11 is 0. The summed E-state index contributed by atoms with van der Waals surface area (Å²) in [4.78, 5) is 0. The van der Waals surface area contributed by atoms with Crippen molar-refractivity contribution in [1.82, 2.24) is 0 Å². The summed E-state index contributed by atoms with van der Waals surface area (Å²) in [6.07, 6.45) is 23.2. The smallest absolute Gasteiger partial charge is 0.0758 e. The minimum atomic E-state index is -0.379. The summed E-state index contributed by atoms with van der Waals surface area (Å²) in [5, 5.41) is 9.69. The maximum absolute atomic E-state index is 9.69. The zero-order chi connectivity index (χ0) is 14.2. The van der Waals surface area contributed by atoms with Gasteiger partial charge in [0.1, 0.15) is 0 Å². The Morgan fingerprint density at radius 3 is 2.53 bits per heavy atom. The molecular formula is C18H29O-. The monoisotopic (exact) mass is 261 g/mol. The molecule has 1 N–H and O–H groups in total. The third kappa shape index (κ3) is 14.9. The maximum Gasteiger partial charge on any atom is 0.0758 e. The van der Waals surface area contributed by atoms with Crippen LogP contribution in [0.25, 0.3) is 0 Å². The van der Waals surface area contributed by atoms with Gasteiger partial charge in [-0.2, -0.15) is 6.42 Å². The molecule has 0 radical (unpaired) electrons. The van der Waals surface area contributed by atoms with Gasteiger partial charge >= 0.3 is 0 Å². The van der Waals surface area contributed by atoms with Gasteiger partial charge in [-0.25, -0.2) is 0 Å². The lowest BCUT2D eigenvalue weighted by atomic mass is 10.2. The first-order valence-corrected chi connectivity index (χ1v) is 7.41. The standard InChI is InChI=1S/C18H29O/c1-3-5-7-9-11-13-15-17-18(19)16-14-12-10-8-6-4-2/h6,8,11-15,17-19H,1,3-5,7,9-10,16H2,2H3/q-1/b8-6-,13-11-,14-12-,17-15-. The van der Waals surface area contributed by atoms with Crippen LogP contribution in [0.15, 0.2) is 48.6 Å². The fourth-order valence-corrected chi connectivity index (χ4v) is 1.56. The van der Waals surface area contributed by atoms with Crippen molar-refractivity contribution in [3.05, 3.63) is 55.5 Å². The zero-order valence-electron chi connectivity index (χ0n) is 12.3. The number of rotatable bonds is 11. The average molecular weight is 261 g/mol. The molecule has 0 aromatic rings. The van der Waals surface area contributed by atoms with E-state index in [1.165, 1.54) is 12.8 Å². The third-order valence-corrected chi connectivity index (χ3v) is 2.67. The molecule has 108 valence electrons. The van der Waals surface area contributed by atoms with Crippen LogP contribution in [0.1, 0.15) is 51.9 Å². The molecule has 0 heterocycles. The Bertz CT molecular complexity index is 284. The van der Waals surface area contributed by atoms with E-state index in [1.54, 1.807) is 0 Å². The quantitative estimate of drug-likeness (QED) is 0.236. The van der Waals surface area contributed by atoms with Crippen LogP contribution in [-0.4, -0.2) is 11.2 Å². The Labute approximate surface area is 119 Å². The van der Waals surface area contributed by atoms with Crippen molar-refractivity contribution in [2.45, 2.75) is 58.0 Å². The highest BCUT2D eigenvalue weighted by Crippen LogP contribution is 2.01. The summed E-state index contributed by atoms with van der Waals surface area (Å²) in [7, 11) is 0. The molecule has 1 nitrogen and oxygen atoms in total. The van der Waals surface area contributed by atoms with E-state index in [9.17, 15) is 5.11 Å². The van der Waals surface area contributed by atoms with Crippen LogP contribution in [0.2, 0.25) is 0 Å². The van der Waals surface area contributed by atoms with E-state index in [2.05, 4.69) is 38.2 Å². The molecule has 0 rings (SSSR count). The Morgan fingerprint density at radius 1 is 1.00 bits per heavy atom. The molecule has 0 aliphatic rings. The number of allylic oxidation sites excluding steroid dienone is 6. The lowest BCUT2D eigenvalue weighted by Gasteiger charge is -1.99. The van der Waals surface area contributed by atoms with Crippen LogP contribution < -0.4 is 0 Å². The van der Waals surface area contributed by atoms with Gasteiger partial charge in [-0.1, -0.05) is 68.4 Å². The number of unbranched alkanes of at least 4 members (excludes halogenated alkanes) is 3. The second-order valence-corrected chi connectivity index (χ2v) is 4.55. The van der Waals surface area contributed by atoms with Gasteiger partial charge in [-0.3, -0.25) is 0 Å². The minimum Gasteiger partial charge on any atom is -0.389 e. The summed E-state index contributed by atoms with van der Waals surface area (Å²) in [6.45, 7) is 5.94. The summed E-state index contributed by atoms with van der Waals surface area (Å²) < 4.78 is 0. The molecule has 0 saturated heterocycles. The fourth-order valence-electron chi connectivity index (χ4n) is 1.56. The summed E-state index contributed by atoms with van der Waals surface area (Å²) in [5.74, 6) is 0. The first-order valence-electron chi connectivity index (χ1n) is 7.41. The van der Waals surface area contributed by atoms with Crippen molar-refractivity contribution in [2.75, 3.05) is 0 Å². The maximum atomic E-state index is 9.69. The fraction of sp³-hybridized carbons (Fsp3) is 0.500. The van der Waals surface area contributed by atoms with Crippen LogP contribution in [0.3, 0.4) is 0 Å². The molecule has 0 bridgehead atoms. The van der Waals surface area contributed by atoms with Crippen LogP contribution >= 0.6 is 0 Å². The molecule has 0 spiro atoms. The van der Waals surface area contributed by atoms with Crippen molar-refractivity contribution in [1.29, 1.82) is 0 Å². The van der Waals surface area contributed by atoms with Crippen LogP contribution in [0.5, 0.6) is 0 Å². The highest BCUT2D eigenvalue weighted by molar-refractivity contribution is 5.06. The van der Waals surface area contributed by atoms with E-state index >= 15 is 0 Å². The predicted molar refractivity (Wildman–Crippen MR) is 85.9 cm³/mol. The molecule has 1 unspecified atom stereocenters. The molecule has 0 aromatic carbocycles. The predicted octanol–water partition coefficient (Wildman–Crippen LogP) is 5.16. The summed E-state index contributed by atoms with van der Waals surface area (Å²) in [5.41, 5.74) is 0. The van der Waals surface area contributed by atoms with Crippen LogP contribution in [0.4, 0.5) is 0 Å². The van der Waals surface area contributed by atoms with E-state index in [0.29, 0.717) is 6.42 Å². The Morgan fingerprint density at radius 2 is 1.79 bits per heavy atom. The topological polar surface area (TPSA) is 20.2 Å². The Balaban J connectivity index is 3.61. The van der Waals surface area contributed by atoms with Gasteiger partial charge < -0.3 is 12.0 Å². The molecule has 1 heteroatoms. The average Bonchev–Trinajstić information content (AvgIpc) is 2.41. The van der Waals surface area contributed by atoms with Crippen molar-refractivity contribution in [2.24, 2.45) is 0 Å². The molecule has 0 aliphatic carbocycles. The third-order valence-electron chi connectivity index (χ3n) is 2.67. The SMILES string of the molecule is [CH2-]CCCC/C=C\C=C/C(O)C/C=C\C/C=C\CC. The van der Waals surface area contributed by atoms with E-state index in [1.807, 2.05) is 24.3 Å². The number of aliphatic hydroxyl groups excluding tert-OH is 1. The molecule has 19 heavy (non-hydrogen) atoms. The highest BCUT2D eigenvalue weighted by atomic mass is 16.3. The van der Waals surface area contributed by atoms with E-state index < -0.39 is 0 Å². The van der Waals surface area contributed by atoms with Crippen molar-refractivity contribution in [3.63, 3.8) is 0 Å². The largest absolute Gasteiger partial charge is 0.389 e. The second-order valence-electron chi connectivity index (χ2n) is 4.55. The zero-order valence-corrected chi connectivity index (χ0v) is 12.3. The van der Waals surface area contributed by atoms with Gasteiger partial charge in [0.15, 0.2) is 0 Å². The molecule has 0 saturated carbocycles. The van der Waals surface area contributed by atoms with E-state index in [0.717, 1.165) is 25.7 Å². The summed E-state index contributed by atoms with van der Waals surface area (Å²) in [6, 6.07) is 0. The molecular weight excluding hydrogens is 232 g/mol. The molecule has 0 fully saturated rings. The van der Waals surface area contributed by atoms with Gasteiger partial charge in [0.25, 0.3) is 0 Å². The van der Waals surface area contributed by atoms with Gasteiger partial charge in [-0.05, 0) is 25.7 Å². The lowest BCUT2D eigenvalue weighted by Crippen LogP contribution is -1.98. The molecule has 0 aromatic heterocycles. The molecule has 0 amide bonds. The van der Waals surface area contributed by atoms with Crippen molar-refractivity contribution < 1.29 is 5.11 Å². The van der Waals surface area contributed by atoms with Crippen molar-refractivity contribution >= 4 is 0 Å². The van der Waals surface area contributed by atoms with E-state index in [-0.39, 0.29) is 6.10 Å².